The van der Waals surface area contributed by atoms with Gasteiger partial charge in [0.1, 0.15) is 5.69 Å². The number of carbonyl (C=O) groups excluding carboxylic acids is 1. The van der Waals surface area contributed by atoms with E-state index in [-0.39, 0.29) is 22.8 Å². The Hall–Kier alpha value is -2.15. The Kier molecular flexibility index (Phi) is 5.92. The number of nitro groups is 1. The molecule has 20 heavy (non-hydrogen) atoms. The fourth-order valence-electron chi connectivity index (χ4n) is 1.76. The molecule has 1 aromatic rings. The van der Waals surface area contributed by atoms with Gasteiger partial charge in [-0.25, -0.2) is 0 Å². The third-order valence-electron chi connectivity index (χ3n) is 2.86. The van der Waals surface area contributed by atoms with Gasteiger partial charge in [-0.2, -0.15) is 0 Å². The zero-order valence-corrected chi connectivity index (χ0v) is 11.7. The summed E-state index contributed by atoms with van der Waals surface area (Å²) in [5.74, 6) is 5.45. The summed E-state index contributed by atoms with van der Waals surface area (Å²) in [4.78, 5) is 22.2. The third kappa shape index (κ3) is 4.51. The molecule has 0 bridgehead atoms. The fraction of sp³-hybridized carbons (Fsp3) is 0.462. The Bertz CT molecular complexity index is 489. The number of hydrogen-bond acceptors (Lipinski definition) is 5. The van der Waals surface area contributed by atoms with Crippen LogP contribution in [0.3, 0.4) is 0 Å². The number of nitro benzene ring substituents is 1. The number of hydrogen-bond donors (Lipinski definition) is 3. The molecule has 0 saturated carbocycles. The van der Waals surface area contributed by atoms with Crippen LogP contribution in [0.1, 0.15) is 37.0 Å². The topological polar surface area (TPSA) is 110 Å². The predicted molar refractivity (Wildman–Crippen MR) is 77.3 cm³/mol. The van der Waals surface area contributed by atoms with Gasteiger partial charge in [0, 0.05) is 18.2 Å². The molecule has 0 aliphatic rings. The lowest BCUT2D eigenvalue weighted by molar-refractivity contribution is -0.384. The minimum absolute atomic E-state index is 0.173. The van der Waals surface area contributed by atoms with Crippen molar-refractivity contribution in [2.24, 2.45) is 11.8 Å². The van der Waals surface area contributed by atoms with Gasteiger partial charge >= 0.3 is 0 Å². The van der Waals surface area contributed by atoms with Crippen LogP contribution in [0.5, 0.6) is 0 Å². The van der Waals surface area contributed by atoms with Gasteiger partial charge in [0.15, 0.2) is 0 Å². The molecule has 0 radical (unpaired) electrons. The van der Waals surface area contributed by atoms with E-state index in [4.69, 9.17) is 5.84 Å². The Morgan fingerprint density at radius 3 is 2.70 bits per heavy atom. The molecule has 110 valence electrons. The van der Waals surface area contributed by atoms with Crippen molar-refractivity contribution in [2.75, 3.05) is 12.0 Å². The molecule has 0 aromatic heterocycles. The molecule has 0 aliphatic heterocycles. The first kappa shape index (κ1) is 15.9. The molecule has 1 rings (SSSR count). The first-order chi connectivity index (χ1) is 9.45. The minimum atomic E-state index is -0.579. The number of nitrogens with zero attached hydrogens (tertiary/aromatic N) is 1. The van der Waals surface area contributed by atoms with E-state index < -0.39 is 4.92 Å². The number of nitrogen functional groups attached to an aromatic ring is 1. The van der Waals surface area contributed by atoms with Crippen molar-refractivity contribution in [1.82, 2.24) is 5.32 Å². The monoisotopic (exact) mass is 280 g/mol. The van der Waals surface area contributed by atoms with Crippen LogP contribution in [0.2, 0.25) is 0 Å². The smallest absolute Gasteiger partial charge is 0.294 e. The molecular weight excluding hydrogens is 260 g/mol. The van der Waals surface area contributed by atoms with Gasteiger partial charge in [-0.15, -0.1) is 0 Å². The first-order valence-corrected chi connectivity index (χ1v) is 6.49. The largest absolute Gasteiger partial charge is 0.352 e. The summed E-state index contributed by atoms with van der Waals surface area (Å²) in [5, 5.41) is 13.6. The van der Waals surface area contributed by atoms with Gasteiger partial charge < -0.3 is 10.7 Å². The van der Waals surface area contributed by atoms with E-state index in [2.05, 4.69) is 24.6 Å². The van der Waals surface area contributed by atoms with Crippen molar-refractivity contribution < 1.29 is 9.72 Å². The number of hydrazine groups is 1. The van der Waals surface area contributed by atoms with Gasteiger partial charge in [0.05, 0.1) is 4.92 Å². The number of amides is 1. The molecular formula is C13H20N4O3. The number of benzene rings is 1. The van der Waals surface area contributed by atoms with Gasteiger partial charge in [0.2, 0.25) is 0 Å². The molecule has 1 amide bonds. The molecule has 0 heterocycles. The average molecular weight is 280 g/mol. The maximum Gasteiger partial charge on any atom is 0.294 e. The summed E-state index contributed by atoms with van der Waals surface area (Å²) in [6.45, 7) is 4.79. The van der Waals surface area contributed by atoms with Crippen molar-refractivity contribution in [3.8, 4) is 0 Å². The van der Waals surface area contributed by atoms with Crippen molar-refractivity contribution in [2.45, 2.75) is 26.7 Å². The highest BCUT2D eigenvalue weighted by Gasteiger charge is 2.16. The van der Waals surface area contributed by atoms with E-state index in [9.17, 15) is 14.9 Å². The van der Waals surface area contributed by atoms with Crippen LogP contribution in [0, 0.1) is 16.0 Å². The molecule has 7 nitrogen and oxygen atoms in total. The van der Waals surface area contributed by atoms with E-state index >= 15 is 0 Å². The standard InChI is InChI=1S/C13H20N4O3/c1-9(2)4-3-7-15-13(18)10-5-6-11(16-14)12(8-10)17(19)20/h5-6,8-9,16H,3-4,7,14H2,1-2H3,(H,15,18). The average Bonchev–Trinajstić information content (AvgIpc) is 2.42. The van der Waals surface area contributed by atoms with Gasteiger partial charge in [-0.1, -0.05) is 13.8 Å². The number of anilines is 1. The summed E-state index contributed by atoms with van der Waals surface area (Å²) < 4.78 is 0. The zero-order valence-electron chi connectivity index (χ0n) is 11.7. The second-order valence-electron chi connectivity index (χ2n) is 4.93. The van der Waals surface area contributed by atoms with Gasteiger partial charge in [-0.3, -0.25) is 20.8 Å². The first-order valence-electron chi connectivity index (χ1n) is 6.49. The second-order valence-corrected chi connectivity index (χ2v) is 4.93. The third-order valence-corrected chi connectivity index (χ3v) is 2.86. The van der Waals surface area contributed by atoms with Crippen molar-refractivity contribution >= 4 is 17.3 Å². The van der Waals surface area contributed by atoms with Crippen LogP contribution in [0.15, 0.2) is 18.2 Å². The van der Waals surface area contributed by atoms with Crippen LogP contribution in [0.25, 0.3) is 0 Å². The van der Waals surface area contributed by atoms with Crippen LogP contribution >= 0.6 is 0 Å². The van der Waals surface area contributed by atoms with Crippen LogP contribution < -0.4 is 16.6 Å². The normalized spacial score (nSPS) is 10.4. The number of nitrogens with one attached hydrogen (secondary N) is 2. The molecule has 0 unspecified atom stereocenters. The SMILES string of the molecule is CC(C)CCCNC(=O)c1ccc(NN)c([N+](=O)[O-])c1. The van der Waals surface area contributed by atoms with Crippen molar-refractivity contribution in [1.29, 1.82) is 0 Å². The highest BCUT2D eigenvalue weighted by Crippen LogP contribution is 2.24. The lowest BCUT2D eigenvalue weighted by Crippen LogP contribution is -2.24. The summed E-state index contributed by atoms with van der Waals surface area (Å²) in [5.41, 5.74) is 2.44. The molecule has 4 N–H and O–H groups in total. The molecule has 7 heteroatoms. The molecule has 1 aromatic carbocycles. The van der Waals surface area contributed by atoms with E-state index in [0.717, 1.165) is 12.8 Å². The fourth-order valence-corrected chi connectivity index (χ4v) is 1.76. The summed E-state index contributed by atoms with van der Waals surface area (Å²) in [6, 6.07) is 4.13. The van der Waals surface area contributed by atoms with Crippen molar-refractivity contribution in [3.05, 3.63) is 33.9 Å². The second kappa shape index (κ2) is 7.44. The molecule has 0 atom stereocenters. The van der Waals surface area contributed by atoms with E-state index in [1.807, 2.05) is 0 Å². The molecule has 0 spiro atoms. The Morgan fingerprint density at radius 2 is 2.15 bits per heavy atom. The zero-order chi connectivity index (χ0) is 15.1. The number of carbonyl (C=O) groups is 1. The highest BCUT2D eigenvalue weighted by molar-refractivity contribution is 5.95. The van der Waals surface area contributed by atoms with Gasteiger partial charge in [0.25, 0.3) is 11.6 Å². The summed E-state index contributed by atoms with van der Waals surface area (Å²) >= 11 is 0. The summed E-state index contributed by atoms with van der Waals surface area (Å²) in [7, 11) is 0. The lowest BCUT2D eigenvalue weighted by Gasteiger charge is -2.08. The Labute approximate surface area is 117 Å². The number of rotatable bonds is 7. The Morgan fingerprint density at radius 1 is 1.45 bits per heavy atom. The Balaban J connectivity index is 2.69. The maximum absolute atomic E-state index is 11.9. The van der Waals surface area contributed by atoms with Gasteiger partial charge in [-0.05, 0) is 30.9 Å². The highest BCUT2D eigenvalue weighted by atomic mass is 16.6. The van der Waals surface area contributed by atoms with E-state index in [0.29, 0.717) is 12.5 Å². The van der Waals surface area contributed by atoms with E-state index in [1.54, 1.807) is 0 Å². The molecule has 0 fully saturated rings. The maximum atomic E-state index is 11.9. The van der Waals surface area contributed by atoms with Crippen molar-refractivity contribution in [3.63, 3.8) is 0 Å². The van der Waals surface area contributed by atoms with Crippen LogP contribution in [0.4, 0.5) is 11.4 Å². The lowest BCUT2D eigenvalue weighted by atomic mass is 10.1. The molecule has 0 aliphatic carbocycles. The molecule has 0 saturated heterocycles. The predicted octanol–water partition coefficient (Wildman–Crippen LogP) is 2.05. The van der Waals surface area contributed by atoms with Crippen LogP contribution in [-0.4, -0.2) is 17.4 Å². The minimum Gasteiger partial charge on any atom is -0.352 e. The van der Waals surface area contributed by atoms with E-state index in [1.165, 1.54) is 18.2 Å². The summed E-state index contributed by atoms with van der Waals surface area (Å²) in [6.07, 6.45) is 1.91. The van der Waals surface area contributed by atoms with Crippen LogP contribution in [-0.2, 0) is 0 Å². The quantitative estimate of drug-likeness (QED) is 0.306. The number of nitrogens with two attached hydrogens (primary N) is 1.